The van der Waals surface area contributed by atoms with Crippen LogP contribution in [-0.2, 0) is 0 Å². The predicted molar refractivity (Wildman–Crippen MR) is 174 cm³/mol. The highest BCUT2D eigenvalue weighted by atomic mass is 32.1. The molecule has 41 heavy (non-hydrogen) atoms. The number of thiophene rings is 1. The van der Waals surface area contributed by atoms with Crippen molar-refractivity contribution in [2.24, 2.45) is 0 Å². The van der Waals surface area contributed by atoms with Crippen molar-refractivity contribution in [1.82, 2.24) is 9.97 Å². The number of fused-ring (bicyclic) bond motifs is 4. The standard InChI is InChI=1S/C38H24N2S/c1-2-12-26(13-3-1)35-37-36(33-20-6-7-22-34(33)41-37)40-38(39-35)30-18-9-16-28(24-30)27-15-8-17-29(23-27)32-21-10-14-25-11-4-5-19-31(25)32/h1-24H. The van der Waals surface area contributed by atoms with Crippen molar-refractivity contribution in [3.8, 4) is 44.9 Å². The molecule has 2 aromatic heterocycles. The van der Waals surface area contributed by atoms with E-state index in [1.807, 2.05) is 6.07 Å². The van der Waals surface area contributed by atoms with Gasteiger partial charge in [0, 0.05) is 21.2 Å². The molecule has 0 saturated carbocycles. The van der Waals surface area contributed by atoms with E-state index in [0.29, 0.717) is 0 Å². The summed E-state index contributed by atoms with van der Waals surface area (Å²) in [4.78, 5) is 10.3. The maximum Gasteiger partial charge on any atom is 0.160 e. The second-order valence-corrected chi connectivity index (χ2v) is 11.3. The second kappa shape index (κ2) is 9.81. The van der Waals surface area contributed by atoms with Gasteiger partial charge in [-0.05, 0) is 51.2 Å². The second-order valence-electron chi connectivity index (χ2n) is 10.2. The molecule has 6 aromatic carbocycles. The van der Waals surface area contributed by atoms with Crippen molar-refractivity contribution >= 4 is 42.4 Å². The maximum atomic E-state index is 5.17. The molecule has 0 atom stereocenters. The van der Waals surface area contributed by atoms with Crippen LogP contribution in [0, 0.1) is 0 Å². The lowest BCUT2D eigenvalue weighted by molar-refractivity contribution is 1.24. The van der Waals surface area contributed by atoms with E-state index in [4.69, 9.17) is 9.97 Å². The minimum Gasteiger partial charge on any atom is -0.226 e. The Balaban J connectivity index is 1.27. The number of benzene rings is 6. The molecule has 0 bridgehead atoms. The zero-order valence-corrected chi connectivity index (χ0v) is 23.0. The highest BCUT2D eigenvalue weighted by Gasteiger charge is 2.16. The average Bonchev–Trinajstić information content (AvgIpc) is 3.43. The number of hydrogen-bond donors (Lipinski definition) is 0. The molecule has 192 valence electrons. The summed E-state index contributed by atoms with van der Waals surface area (Å²) in [5, 5.41) is 3.69. The van der Waals surface area contributed by atoms with Crippen LogP contribution in [0.25, 0.3) is 76.0 Å². The highest BCUT2D eigenvalue weighted by Crippen LogP contribution is 2.40. The molecule has 0 aliphatic carbocycles. The fourth-order valence-electron chi connectivity index (χ4n) is 5.69. The fourth-order valence-corrected chi connectivity index (χ4v) is 6.85. The molecule has 0 unspecified atom stereocenters. The summed E-state index contributed by atoms with van der Waals surface area (Å²) in [6, 6.07) is 51.4. The fraction of sp³-hybridized carbons (Fsp3) is 0. The Morgan fingerprint density at radius 3 is 1.90 bits per heavy atom. The smallest absolute Gasteiger partial charge is 0.160 e. The average molecular weight is 541 g/mol. The number of hydrogen-bond acceptors (Lipinski definition) is 3. The topological polar surface area (TPSA) is 25.8 Å². The molecule has 0 radical (unpaired) electrons. The van der Waals surface area contributed by atoms with E-state index in [1.165, 1.54) is 37.5 Å². The number of rotatable bonds is 4. The lowest BCUT2D eigenvalue weighted by Gasteiger charge is -2.11. The van der Waals surface area contributed by atoms with Gasteiger partial charge in [-0.3, -0.25) is 0 Å². The molecule has 0 amide bonds. The van der Waals surface area contributed by atoms with Crippen LogP contribution in [0.15, 0.2) is 146 Å². The molecule has 2 nitrogen and oxygen atoms in total. The molecule has 2 heterocycles. The van der Waals surface area contributed by atoms with E-state index in [-0.39, 0.29) is 0 Å². The Morgan fingerprint density at radius 2 is 1.05 bits per heavy atom. The molecular weight excluding hydrogens is 516 g/mol. The van der Waals surface area contributed by atoms with Crippen molar-refractivity contribution in [2.75, 3.05) is 0 Å². The summed E-state index contributed by atoms with van der Waals surface area (Å²) in [5.74, 6) is 0.743. The third-order valence-corrected chi connectivity index (χ3v) is 8.85. The van der Waals surface area contributed by atoms with Crippen molar-refractivity contribution in [2.45, 2.75) is 0 Å². The molecule has 8 rings (SSSR count). The van der Waals surface area contributed by atoms with Gasteiger partial charge in [-0.1, -0.05) is 127 Å². The first-order valence-corrected chi connectivity index (χ1v) is 14.6. The predicted octanol–water partition coefficient (Wildman–Crippen LogP) is 10.7. The summed E-state index contributed by atoms with van der Waals surface area (Å²) in [6.07, 6.45) is 0. The Morgan fingerprint density at radius 1 is 0.439 bits per heavy atom. The van der Waals surface area contributed by atoms with E-state index in [0.717, 1.165) is 38.4 Å². The monoisotopic (exact) mass is 540 g/mol. The third-order valence-electron chi connectivity index (χ3n) is 7.68. The summed E-state index contributed by atoms with van der Waals surface area (Å²) < 4.78 is 2.35. The number of aromatic nitrogens is 2. The van der Waals surface area contributed by atoms with Gasteiger partial charge >= 0.3 is 0 Å². The third kappa shape index (κ3) is 4.19. The van der Waals surface area contributed by atoms with Gasteiger partial charge in [0.25, 0.3) is 0 Å². The summed E-state index contributed by atoms with van der Waals surface area (Å²) in [6.45, 7) is 0. The van der Waals surface area contributed by atoms with E-state index >= 15 is 0 Å². The van der Waals surface area contributed by atoms with Crippen LogP contribution in [0.5, 0.6) is 0 Å². The van der Waals surface area contributed by atoms with E-state index in [9.17, 15) is 0 Å². The molecule has 0 N–H and O–H groups in total. The van der Waals surface area contributed by atoms with Gasteiger partial charge in [-0.15, -0.1) is 11.3 Å². The van der Waals surface area contributed by atoms with Crippen molar-refractivity contribution in [3.05, 3.63) is 146 Å². The Labute approximate surface area is 242 Å². The van der Waals surface area contributed by atoms with Crippen LogP contribution in [-0.4, -0.2) is 9.97 Å². The molecule has 0 aliphatic rings. The Bertz CT molecular complexity index is 2210. The first-order chi connectivity index (χ1) is 20.3. The Kier molecular flexibility index (Phi) is 5.68. The maximum absolute atomic E-state index is 5.17. The van der Waals surface area contributed by atoms with Gasteiger partial charge in [0.15, 0.2) is 5.82 Å². The largest absolute Gasteiger partial charge is 0.226 e. The zero-order valence-electron chi connectivity index (χ0n) is 22.2. The minimum atomic E-state index is 0.743. The molecule has 0 aliphatic heterocycles. The Hall–Kier alpha value is -5.12. The lowest BCUT2D eigenvalue weighted by Crippen LogP contribution is -1.94. The van der Waals surface area contributed by atoms with E-state index < -0.39 is 0 Å². The van der Waals surface area contributed by atoms with E-state index in [1.54, 1.807) is 11.3 Å². The summed E-state index contributed by atoms with van der Waals surface area (Å²) >= 11 is 1.76. The lowest BCUT2D eigenvalue weighted by atomic mass is 9.95. The van der Waals surface area contributed by atoms with Crippen molar-refractivity contribution in [3.63, 3.8) is 0 Å². The van der Waals surface area contributed by atoms with Gasteiger partial charge in [0.05, 0.1) is 15.9 Å². The van der Waals surface area contributed by atoms with Gasteiger partial charge in [0.2, 0.25) is 0 Å². The first-order valence-electron chi connectivity index (χ1n) is 13.8. The SMILES string of the molecule is c1ccc(-c2nc(-c3cccc(-c4cccc(-c5cccc6ccccc56)c4)c3)nc3c2sc2ccccc23)cc1. The molecule has 8 aromatic rings. The normalized spacial score (nSPS) is 11.4. The van der Waals surface area contributed by atoms with Crippen LogP contribution in [0.4, 0.5) is 0 Å². The number of nitrogens with zero attached hydrogens (tertiary/aromatic N) is 2. The minimum absolute atomic E-state index is 0.743. The van der Waals surface area contributed by atoms with Crippen LogP contribution in [0.1, 0.15) is 0 Å². The summed E-state index contributed by atoms with van der Waals surface area (Å²) in [7, 11) is 0. The molecule has 0 saturated heterocycles. The van der Waals surface area contributed by atoms with Gasteiger partial charge < -0.3 is 0 Å². The van der Waals surface area contributed by atoms with Crippen LogP contribution < -0.4 is 0 Å². The highest BCUT2D eigenvalue weighted by molar-refractivity contribution is 7.26. The van der Waals surface area contributed by atoms with Gasteiger partial charge in [0.1, 0.15) is 0 Å². The quantitative estimate of drug-likeness (QED) is 0.222. The van der Waals surface area contributed by atoms with Crippen LogP contribution in [0.2, 0.25) is 0 Å². The van der Waals surface area contributed by atoms with Gasteiger partial charge in [-0.25, -0.2) is 9.97 Å². The molecular formula is C38H24N2S. The zero-order chi connectivity index (χ0) is 27.2. The van der Waals surface area contributed by atoms with Crippen molar-refractivity contribution in [1.29, 1.82) is 0 Å². The van der Waals surface area contributed by atoms with Crippen LogP contribution in [0.3, 0.4) is 0 Å². The van der Waals surface area contributed by atoms with Gasteiger partial charge in [-0.2, -0.15) is 0 Å². The molecule has 0 spiro atoms. The van der Waals surface area contributed by atoms with E-state index in [2.05, 4.69) is 140 Å². The van der Waals surface area contributed by atoms with Crippen molar-refractivity contribution < 1.29 is 0 Å². The van der Waals surface area contributed by atoms with Crippen LogP contribution >= 0.6 is 11.3 Å². The summed E-state index contributed by atoms with van der Waals surface area (Å²) in [5.41, 5.74) is 8.87. The molecule has 3 heteroatoms. The molecule has 0 fully saturated rings. The first kappa shape index (κ1) is 23.7.